The van der Waals surface area contributed by atoms with Crippen molar-refractivity contribution >= 4 is 25.1 Å². The average molecular weight is 420 g/mol. The van der Waals surface area contributed by atoms with E-state index in [0.29, 0.717) is 18.7 Å². The second kappa shape index (κ2) is 9.18. The minimum absolute atomic E-state index is 0.282. The molecule has 2 aromatic carbocycles. The van der Waals surface area contributed by atoms with Crippen molar-refractivity contribution in [3.8, 4) is 6.07 Å². The molecule has 30 heavy (non-hydrogen) atoms. The first kappa shape index (κ1) is 21.7. The first-order chi connectivity index (χ1) is 14.3. The number of ether oxygens (including phenoxy) is 1. The number of benzene rings is 2. The summed E-state index contributed by atoms with van der Waals surface area (Å²) in [4.78, 5) is 17.1. The number of fused-ring (bicyclic) bond motifs is 1. The molecule has 1 heterocycles. The maximum Gasteiger partial charge on any atom is 0.409 e. The molecule has 0 aliphatic carbocycles. The molecule has 6 heteroatoms. The molecule has 3 aromatic rings. The number of hydrogen-bond donors (Lipinski definition) is 1. The van der Waals surface area contributed by atoms with Crippen LogP contribution < -0.4 is 0 Å². The molecule has 3 rings (SSSR count). The van der Waals surface area contributed by atoms with Gasteiger partial charge in [-0.15, -0.1) is 0 Å². The lowest BCUT2D eigenvalue weighted by atomic mass is 9.98. The van der Waals surface area contributed by atoms with E-state index in [4.69, 9.17) is 4.74 Å². The summed E-state index contributed by atoms with van der Waals surface area (Å²) >= 11 is 0. The Kier molecular flexibility index (Phi) is 6.63. The second-order valence-electron chi connectivity index (χ2n) is 8.92. The highest BCUT2D eigenvalue weighted by Gasteiger charge is 2.17. The Morgan fingerprint density at radius 1 is 1.17 bits per heavy atom. The predicted octanol–water partition coefficient (Wildman–Crippen LogP) is 5.54. The smallest absolute Gasteiger partial charge is 0.409 e. The highest BCUT2D eigenvalue weighted by atomic mass is 28.3. The topological polar surface area (TPSA) is 69.1 Å². The number of amides is 1. The summed E-state index contributed by atoms with van der Waals surface area (Å²) in [6.07, 6.45) is 2.20. The highest BCUT2D eigenvalue weighted by molar-refractivity contribution is 6.76. The van der Waals surface area contributed by atoms with Gasteiger partial charge in [0.1, 0.15) is 6.07 Å². The number of nitriles is 1. The normalized spacial score (nSPS) is 11.3. The Labute approximate surface area is 179 Å². The number of H-pyrrole nitrogens is 1. The summed E-state index contributed by atoms with van der Waals surface area (Å²) in [5, 5.41) is 10.2. The van der Waals surface area contributed by atoms with Gasteiger partial charge in [0.05, 0.1) is 12.2 Å². The molecule has 0 saturated carbocycles. The molecule has 0 fully saturated rings. The number of aromatic amines is 1. The molecule has 5 nitrogen and oxygen atoms in total. The molecule has 0 radical (unpaired) electrons. The van der Waals surface area contributed by atoms with Crippen molar-refractivity contribution in [1.29, 1.82) is 5.26 Å². The van der Waals surface area contributed by atoms with Crippen LogP contribution in [0.5, 0.6) is 0 Å². The molecular weight excluding hydrogens is 390 g/mol. The Bertz CT molecular complexity index is 1080. The SMILES string of the molecule is CN(Cc1ccccc1Cc1ccc2[nH]cc(C#N)c2c1)C(=O)OCC[Si](C)(C)C. The van der Waals surface area contributed by atoms with Crippen molar-refractivity contribution in [3.05, 3.63) is 70.9 Å². The quantitative estimate of drug-likeness (QED) is 0.511. The fourth-order valence-corrected chi connectivity index (χ4v) is 4.06. The van der Waals surface area contributed by atoms with Gasteiger partial charge >= 0.3 is 6.09 Å². The number of aromatic nitrogens is 1. The zero-order valence-corrected chi connectivity index (χ0v) is 19.2. The molecule has 0 saturated heterocycles. The third kappa shape index (κ3) is 5.52. The van der Waals surface area contributed by atoms with Crippen LogP contribution in [-0.2, 0) is 17.7 Å². The van der Waals surface area contributed by atoms with Crippen molar-refractivity contribution in [3.63, 3.8) is 0 Å². The number of hydrogen-bond acceptors (Lipinski definition) is 3. The van der Waals surface area contributed by atoms with E-state index in [9.17, 15) is 10.1 Å². The Morgan fingerprint density at radius 3 is 2.60 bits per heavy atom. The van der Waals surface area contributed by atoms with Crippen LogP contribution in [0.4, 0.5) is 4.79 Å². The maximum atomic E-state index is 12.4. The predicted molar refractivity (Wildman–Crippen MR) is 123 cm³/mol. The summed E-state index contributed by atoms with van der Waals surface area (Å²) in [5.74, 6) is 0. The van der Waals surface area contributed by atoms with E-state index in [1.807, 2.05) is 18.2 Å². The van der Waals surface area contributed by atoms with E-state index in [1.165, 1.54) is 0 Å². The Morgan fingerprint density at radius 2 is 1.90 bits per heavy atom. The summed E-state index contributed by atoms with van der Waals surface area (Å²) in [7, 11) is 0.552. The van der Waals surface area contributed by atoms with E-state index < -0.39 is 8.07 Å². The van der Waals surface area contributed by atoms with Crippen molar-refractivity contribution < 1.29 is 9.53 Å². The van der Waals surface area contributed by atoms with Gasteiger partial charge in [-0.25, -0.2) is 4.79 Å². The van der Waals surface area contributed by atoms with E-state index in [0.717, 1.165) is 40.1 Å². The molecule has 1 amide bonds. The Hall–Kier alpha value is -3.04. The van der Waals surface area contributed by atoms with Gasteiger partial charge in [0.2, 0.25) is 0 Å². The number of carbonyl (C=O) groups is 1. The van der Waals surface area contributed by atoms with Crippen molar-refractivity contribution in [2.75, 3.05) is 13.7 Å². The second-order valence-corrected chi connectivity index (χ2v) is 14.5. The average Bonchev–Trinajstić information content (AvgIpc) is 3.10. The lowest BCUT2D eigenvalue weighted by Crippen LogP contribution is -2.29. The molecule has 0 spiro atoms. The Balaban J connectivity index is 1.70. The van der Waals surface area contributed by atoms with Crippen molar-refractivity contribution in [1.82, 2.24) is 9.88 Å². The molecule has 1 N–H and O–H groups in total. The fourth-order valence-electron chi connectivity index (χ4n) is 3.35. The zero-order valence-electron chi connectivity index (χ0n) is 18.2. The third-order valence-electron chi connectivity index (χ3n) is 5.18. The van der Waals surface area contributed by atoms with E-state index in [2.05, 4.69) is 55.0 Å². The maximum absolute atomic E-state index is 12.4. The van der Waals surface area contributed by atoms with Crippen LogP contribution in [0.25, 0.3) is 10.9 Å². The van der Waals surface area contributed by atoms with Gasteiger partial charge in [-0.05, 0) is 41.3 Å². The number of nitrogens with zero attached hydrogens (tertiary/aromatic N) is 2. The summed E-state index contributed by atoms with van der Waals surface area (Å²) in [6.45, 7) is 7.79. The first-order valence-electron chi connectivity index (χ1n) is 10.2. The van der Waals surface area contributed by atoms with Crippen molar-refractivity contribution in [2.45, 2.75) is 38.7 Å². The van der Waals surface area contributed by atoms with Gasteiger partial charge < -0.3 is 14.6 Å². The van der Waals surface area contributed by atoms with Gasteiger partial charge in [-0.3, -0.25) is 0 Å². The van der Waals surface area contributed by atoms with Crippen LogP contribution in [-0.4, -0.2) is 37.7 Å². The number of rotatable bonds is 7. The van der Waals surface area contributed by atoms with E-state index >= 15 is 0 Å². The van der Waals surface area contributed by atoms with Crippen LogP contribution in [0.3, 0.4) is 0 Å². The molecule has 0 atom stereocenters. The lowest BCUT2D eigenvalue weighted by Gasteiger charge is -2.21. The number of nitrogens with one attached hydrogen (secondary N) is 1. The van der Waals surface area contributed by atoms with E-state index in [1.54, 1.807) is 18.1 Å². The fraction of sp³-hybridized carbons (Fsp3) is 0.333. The van der Waals surface area contributed by atoms with Crippen LogP contribution >= 0.6 is 0 Å². The first-order valence-corrected chi connectivity index (χ1v) is 13.9. The minimum Gasteiger partial charge on any atom is -0.450 e. The summed E-state index contributed by atoms with van der Waals surface area (Å²) in [6, 6.07) is 17.5. The standard InChI is InChI=1S/C24H29N3O2Si/c1-27(24(28)29-11-12-30(2,3)4)17-20-8-6-5-7-19(20)13-18-9-10-23-22(14-18)21(15-25)16-26-23/h5-10,14,16,26H,11-13,17H2,1-4H3. The van der Waals surface area contributed by atoms with E-state index in [-0.39, 0.29) is 6.09 Å². The zero-order chi connectivity index (χ0) is 21.7. The van der Waals surface area contributed by atoms with Crippen LogP contribution in [0.15, 0.2) is 48.7 Å². The molecule has 0 bridgehead atoms. The minimum atomic E-state index is -1.22. The molecule has 0 aliphatic heterocycles. The van der Waals surface area contributed by atoms with Crippen molar-refractivity contribution in [2.24, 2.45) is 0 Å². The van der Waals surface area contributed by atoms with Crippen LogP contribution in [0.2, 0.25) is 25.7 Å². The molecule has 1 aromatic heterocycles. The number of carbonyl (C=O) groups excluding carboxylic acids is 1. The summed E-state index contributed by atoms with van der Waals surface area (Å²) < 4.78 is 5.46. The van der Waals surface area contributed by atoms with Gasteiger partial charge in [0, 0.05) is 38.8 Å². The largest absolute Gasteiger partial charge is 0.450 e. The lowest BCUT2D eigenvalue weighted by molar-refractivity contribution is 0.114. The third-order valence-corrected chi connectivity index (χ3v) is 6.88. The molecule has 0 unspecified atom stereocenters. The molecule has 0 aliphatic rings. The summed E-state index contributed by atoms with van der Waals surface area (Å²) in [5.41, 5.74) is 5.00. The highest BCUT2D eigenvalue weighted by Crippen LogP contribution is 2.22. The molecular formula is C24H29N3O2Si. The van der Waals surface area contributed by atoms with Gasteiger partial charge in [-0.1, -0.05) is 50.0 Å². The van der Waals surface area contributed by atoms with Crippen LogP contribution in [0, 0.1) is 11.3 Å². The van der Waals surface area contributed by atoms with Gasteiger partial charge in [-0.2, -0.15) is 5.26 Å². The monoisotopic (exact) mass is 419 g/mol. The van der Waals surface area contributed by atoms with Crippen LogP contribution in [0.1, 0.15) is 22.3 Å². The van der Waals surface area contributed by atoms with Gasteiger partial charge in [0.15, 0.2) is 0 Å². The van der Waals surface area contributed by atoms with Gasteiger partial charge in [0.25, 0.3) is 0 Å². The molecule has 156 valence electrons.